The summed E-state index contributed by atoms with van der Waals surface area (Å²) in [5, 5.41) is 46.5. The number of carbonyl (C=O) groups excluding carboxylic acids is 9. The summed E-state index contributed by atoms with van der Waals surface area (Å²) in [5.41, 5.74) is 11.9. The summed E-state index contributed by atoms with van der Waals surface area (Å²) in [5.74, 6) is -12.0. The van der Waals surface area contributed by atoms with Crippen molar-refractivity contribution in [1.29, 1.82) is 0 Å². The molecule has 1 aromatic carbocycles. The Labute approximate surface area is 417 Å². The zero-order valence-corrected chi connectivity index (χ0v) is 42.0. The highest BCUT2D eigenvalue weighted by molar-refractivity contribution is 7.98. The summed E-state index contributed by atoms with van der Waals surface area (Å²) in [6.45, 7) is 8.64. The van der Waals surface area contributed by atoms with Gasteiger partial charge in [0.25, 0.3) is 0 Å². The van der Waals surface area contributed by atoms with E-state index in [0.29, 0.717) is 24.2 Å². The van der Waals surface area contributed by atoms with Gasteiger partial charge in [-0.3, -0.25) is 47.9 Å². The van der Waals surface area contributed by atoms with Gasteiger partial charge in [0.05, 0.1) is 19.1 Å². The number of carboxylic acid groups (broad SMARTS) is 2. The molecular formula is C46H72N10O14S. The van der Waals surface area contributed by atoms with E-state index in [1.165, 1.54) is 16.7 Å². The number of rotatable bonds is 30. The Kier molecular flexibility index (Phi) is 25.5. The van der Waals surface area contributed by atoms with E-state index < -0.39 is 163 Å². The van der Waals surface area contributed by atoms with Crippen LogP contribution in [0.5, 0.6) is 0 Å². The number of benzene rings is 1. The zero-order chi connectivity index (χ0) is 53.7. The molecule has 9 atom stereocenters. The molecule has 1 aromatic rings. The van der Waals surface area contributed by atoms with E-state index in [0.717, 1.165) is 0 Å². The van der Waals surface area contributed by atoms with Crippen LogP contribution < -0.4 is 48.7 Å². The van der Waals surface area contributed by atoms with Gasteiger partial charge >= 0.3 is 11.9 Å². The van der Waals surface area contributed by atoms with Gasteiger partial charge in [0.15, 0.2) is 0 Å². The minimum Gasteiger partial charge on any atom is -0.481 e. The number of hydrogen-bond acceptors (Lipinski definition) is 14. The summed E-state index contributed by atoms with van der Waals surface area (Å²) in [6, 6.07) is -3.99. The molecule has 0 bridgehead atoms. The Morgan fingerprint density at radius 1 is 0.662 bits per heavy atom. The molecule has 25 heteroatoms. The van der Waals surface area contributed by atoms with Crippen LogP contribution in [-0.2, 0) is 59.2 Å². The lowest BCUT2D eigenvalue weighted by molar-refractivity contribution is -0.144. The average Bonchev–Trinajstić information content (AvgIpc) is 3.80. The second-order valence-corrected chi connectivity index (χ2v) is 19.3. The van der Waals surface area contributed by atoms with E-state index in [4.69, 9.17) is 11.5 Å². The molecule has 0 saturated carbocycles. The second kappa shape index (κ2) is 29.8. The van der Waals surface area contributed by atoms with Crippen molar-refractivity contribution >= 4 is 76.9 Å². The molecule has 0 spiro atoms. The number of aliphatic carboxylic acids is 2. The van der Waals surface area contributed by atoms with Crippen molar-refractivity contribution in [2.24, 2.45) is 29.2 Å². The average molecular weight is 1020 g/mol. The van der Waals surface area contributed by atoms with Gasteiger partial charge in [-0.2, -0.15) is 11.8 Å². The van der Waals surface area contributed by atoms with Crippen molar-refractivity contribution in [2.45, 2.75) is 141 Å². The van der Waals surface area contributed by atoms with Crippen LogP contribution in [0.25, 0.3) is 0 Å². The van der Waals surface area contributed by atoms with E-state index in [1.54, 1.807) is 71.9 Å². The highest BCUT2D eigenvalue weighted by atomic mass is 32.2. The summed E-state index contributed by atoms with van der Waals surface area (Å²) in [7, 11) is 0. The molecule has 0 aromatic heterocycles. The zero-order valence-electron chi connectivity index (χ0n) is 41.2. The highest BCUT2D eigenvalue weighted by Crippen LogP contribution is 2.22. The first-order chi connectivity index (χ1) is 33.3. The fraction of sp³-hybridized carbons (Fsp3) is 0.630. The van der Waals surface area contributed by atoms with Crippen LogP contribution in [0.4, 0.5) is 0 Å². The number of carboxylic acids is 2. The first-order valence-electron chi connectivity index (χ1n) is 23.4. The van der Waals surface area contributed by atoms with Gasteiger partial charge < -0.3 is 68.9 Å². The van der Waals surface area contributed by atoms with Gasteiger partial charge in [-0.25, -0.2) is 4.79 Å². The number of likely N-dealkylation sites (tertiary alicyclic amines) is 1. The predicted molar refractivity (Wildman–Crippen MR) is 259 cm³/mol. The van der Waals surface area contributed by atoms with Gasteiger partial charge in [-0.15, -0.1) is 0 Å². The van der Waals surface area contributed by atoms with E-state index in [1.807, 2.05) is 6.26 Å². The number of amides is 9. The molecule has 396 valence electrons. The fourth-order valence-electron chi connectivity index (χ4n) is 7.45. The Balaban J connectivity index is 2.37. The van der Waals surface area contributed by atoms with E-state index in [2.05, 4.69) is 37.2 Å². The van der Waals surface area contributed by atoms with Gasteiger partial charge in [-0.1, -0.05) is 71.9 Å². The lowest BCUT2D eigenvalue weighted by Crippen LogP contribution is -2.61. The number of aliphatic hydroxyl groups is 1. The van der Waals surface area contributed by atoms with E-state index in [9.17, 15) is 68.1 Å². The number of nitrogens with zero attached hydrogens (tertiary/aromatic N) is 1. The fourth-order valence-corrected chi connectivity index (χ4v) is 7.94. The lowest BCUT2D eigenvalue weighted by atomic mass is 10.00. The predicted octanol–water partition coefficient (Wildman–Crippen LogP) is -2.52. The van der Waals surface area contributed by atoms with Crippen molar-refractivity contribution in [3.05, 3.63) is 35.9 Å². The number of nitrogens with one attached hydrogen (secondary N) is 7. The molecule has 1 fully saturated rings. The summed E-state index contributed by atoms with van der Waals surface area (Å²) in [6.07, 6.45) is 0.644. The van der Waals surface area contributed by atoms with Crippen LogP contribution >= 0.6 is 11.8 Å². The van der Waals surface area contributed by atoms with E-state index >= 15 is 0 Å². The molecule has 0 radical (unpaired) electrons. The van der Waals surface area contributed by atoms with Crippen LogP contribution in [0.15, 0.2) is 30.3 Å². The molecule has 0 unspecified atom stereocenters. The second-order valence-electron chi connectivity index (χ2n) is 18.3. The Morgan fingerprint density at radius 2 is 1.18 bits per heavy atom. The maximum atomic E-state index is 14.4. The SMILES string of the molecule is CSCC[C@H](N)C(=O)N[C@H](C(=O)N[C@@H](CC(=O)O)C(=O)N[C@@H](CCC(N)=O)C(=O)N[C@H](C(=O)N1CCC[C@H]1C(=O)N[C@@H](Cc1ccccc1)C(=O)N[C@@H](CO)C(=O)N[C@H](C(=O)O)C(C)C)C(C)C)C(C)C. The van der Waals surface area contributed by atoms with Crippen molar-refractivity contribution in [1.82, 2.24) is 42.1 Å². The summed E-state index contributed by atoms with van der Waals surface area (Å²) >= 11 is 1.46. The molecule has 1 heterocycles. The van der Waals surface area contributed by atoms with Gasteiger partial charge in [0.2, 0.25) is 53.2 Å². The highest BCUT2D eigenvalue weighted by Gasteiger charge is 2.41. The van der Waals surface area contributed by atoms with Crippen molar-refractivity contribution in [3.63, 3.8) is 0 Å². The lowest BCUT2D eigenvalue weighted by Gasteiger charge is -2.32. The van der Waals surface area contributed by atoms with Gasteiger partial charge in [0, 0.05) is 19.4 Å². The van der Waals surface area contributed by atoms with Crippen LogP contribution in [0.1, 0.15) is 85.6 Å². The molecule has 1 aliphatic rings. The number of thioether (sulfide) groups is 1. The topological polar surface area (TPSA) is 388 Å². The first kappa shape index (κ1) is 60.8. The quantitative estimate of drug-likeness (QED) is 0.0378. The summed E-state index contributed by atoms with van der Waals surface area (Å²) < 4.78 is 0. The molecule has 24 nitrogen and oxygen atoms in total. The maximum Gasteiger partial charge on any atom is 0.326 e. The number of carbonyl (C=O) groups is 11. The van der Waals surface area contributed by atoms with Crippen molar-refractivity contribution in [2.75, 3.05) is 25.2 Å². The number of hydrogen-bond donors (Lipinski definition) is 12. The number of primary amides is 1. The normalized spacial score (nSPS) is 16.8. The third kappa shape index (κ3) is 19.8. The smallest absolute Gasteiger partial charge is 0.326 e. The van der Waals surface area contributed by atoms with Crippen LogP contribution in [0, 0.1) is 17.8 Å². The minimum atomic E-state index is -1.80. The third-order valence-corrected chi connectivity index (χ3v) is 12.2. The Hall–Kier alpha value is -6.34. The van der Waals surface area contributed by atoms with Gasteiger partial charge in [-0.05, 0) is 61.0 Å². The molecule has 0 aliphatic carbocycles. The number of nitrogens with two attached hydrogens (primary N) is 2. The monoisotopic (exact) mass is 1020 g/mol. The molecule has 1 saturated heterocycles. The molecular weight excluding hydrogens is 949 g/mol. The largest absolute Gasteiger partial charge is 0.481 e. The maximum absolute atomic E-state index is 14.4. The minimum absolute atomic E-state index is 0.0406. The summed E-state index contributed by atoms with van der Waals surface area (Å²) in [4.78, 5) is 146. The van der Waals surface area contributed by atoms with Crippen LogP contribution in [-0.4, -0.2) is 165 Å². The standard InChI is InChI=1S/C46H72N10O14S/c1-23(2)35(53-38(61)27(47)17-19-71-7)44(67)51-30(21-34(59)60)41(64)49-28(15-16-33(48)58)39(62)54-36(24(3)4)45(68)56-18-11-14-32(56)43(66)50-29(20-26-12-9-8-10-13-26)40(63)52-31(22-57)42(65)55-37(25(5)6)46(69)70/h8-10,12-13,23-25,27-32,35-37,57H,11,14-22,47H2,1-7H3,(H2,48,58)(H,49,64)(H,50,66)(H,51,67)(H,52,63)(H,53,61)(H,54,62)(H,55,65)(H,59,60)(H,69,70)/t27-,28-,29-,30-,31-,32-,35-,36-,37-/m0/s1. The third-order valence-electron chi connectivity index (χ3n) is 11.6. The van der Waals surface area contributed by atoms with E-state index in [-0.39, 0.29) is 19.4 Å². The molecule has 14 N–H and O–H groups in total. The Bertz CT molecular complexity index is 2040. The van der Waals surface area contributed by atoms with Crippen molar-refractivity contribution in [3.8, 4) is 0 Å². The van der Waals surface area contributed by atoms with Crippen molar-refractivity contribution < 1.29 is 68.1 Å². The molecule has 2 rings (SSSR count). The first-order valence-corrected chi connectivity index (χ1v) is 24.8. The molecule has 1 aliphatic heterocycles. The van der Waals surface area contributed by atoms with Crippen LogP contribution in [0.3, 0.4) is 0 Å². The molecule has 71 heavy (non-hydrogen) atoms. The Morgan fingerprint density at radius 3 is 1.72 bits per heavy atom. The number of aliphatic hydroxyl groups excluding tert-OH is 1. The van der Waals surface area contributed by atoms with Gasteiger partial charge in [0.1, 0.15) is 48.3 Å². The van der Waals surface area contributed by atoms with Crippen LogP contribution in [0.2, 0.25) is 0 Å². The molecule has 9 amide bonds.